The molecule has 2 aliphatic rings. The van der Waals surface area contributed by atoms with E-state index in [1.807, 2.05) is 62.4 Å². The Balaban J connectivity index is 0.833. The third-order valence-corrected chi connectivity index (χ3v) is 9.72. The van der Waals surface area contributed by atoms with Crippen LogP contribution in [0.15, 0.2) is 71.4 Å². The third-order valence-electron chi connectivity index (χ3n) is 9.72. The van der Waals surface area contributed by atoms with E-state index in [1.165, 1.54) is 38.5 Å². The van der Waals surface area contributed by atoms with Gasteiger partial charge in [-0.1, -0.05) is 75.6 Å². The Labute approximate surface area is 304 Å². The zero-order valence-electron chi connectivity index (χ0n) is 29.8. The maximum absolute atomic E-state index is 9.82. The molecule has 4 aromatic rings. The van der Waals surface area contributed by atoms with E-state index in [-0.39, 0.29) is 23.6 Å². The number of fused-ring (bicyclic) bond motifs is 2. The van der Waals surface area contributed by atoms with Crippen LogP contribution in [0.3, 0.4) is 0 Å². The fraction of sp³-hybridized carbons (Fsp3) is 0.400. The first-order valence-electron chi connectivity index (χ1n) is 18.1. The van der Waals surface area contributed by atoms with Gasteiger partial charge in [-0.15, -0.1) is 10.2 Å². The second-order valence-electron chi connectivity index (χ2n) is 13.4. The molecule has 0 saturated carbocycles. The van der Waals surface area contributed by atoms with Crippen LogP contribution in [0.1, 0.15) is 110 Å². The Morgan fingerprint density at radius 3 is 1.40 bits per heavy atom. The first kappa shape index (κ1) is 35.9. The number of hydrogen-bond donors (Lipinski definition) is 4. The number of nitrogens with one attached hydrogen (secondary N) is 2. The van der Waals surface area contributed by atoms with E-state index in [0.29, 0.717) is 36.1 Å². The molecule has 2 atom stereocenters. The van der Waals surface area contributed by atoms with Crippen LogP contribution in [0.4, 0.5) is 0 Å². The molecule has 2 aromatic carbocycles. The van der Waals surface area contributed by atoms with E-state index in [1.54, 1.807) is 0 Å². The SMILES string of the molecule is Cc1[nH]nc2c1C(c1cccc(OCCCCCCCCCCCCOc3cccc(C4C(C#N)=C(N)Oc5n[nH]c(C)c54)c3)c1)C(C#N)=C(N)O2. The molecule has 2 unspecified atom stereocenters. The molecule has 0 saturated heterocycles. The summed E-state index contributed by atoms with van der Waals surface area (Å²) < 4.78 is 23.3. The van der Waals surface area contributed by atoms with Crippen molar-refractivity contribution in [2.75, 3.05) is 13.2 Å². The van der Waals surface area contributed by atoms with Gasteiger partial charge < -0.3 is 30.4 Å². The zero-order chi connectivity index (χ0) is 36.5. The van der Waals surface area contributed by atoms with Crippen molar-refractivity contribution in [1.29, 1.82) is 10.5 Å². The Bertz CT molecular complexity index is 1870. The molecule has 0 radical (unpaired) electrons. The predicted octanol–water partition coefficient (Wildman–Crippen LogP) is 7.54. The van der Waals surface area contributed by atoms with Crippen LogP contribution in [-0.2, 0) is 0 Å². The minimum atomic E-state index is -0.355. The Kier molecular flexibility index (Phi) is 11.7. The lowest BCUT2D eigenvalue weighted by molar-refractivity contribution is 0.302. The molecule has 0 spiro atoms. The number of nitrogens with zero attached hydrogens (tertiary/aromatic N) is 4. The van der Waals surface area contributed by atoms with Crippen LogP contribution >= 0.6 is 0 Å². The maximum Gasteiger partial charge on any atom is 0.244 e. The van der Waals surface area contributed by atoms with Gasteiger partial charge in [-0.25, -0.2) is 0 Å². The number of aromatic amines is 2. The van der Waals surface area contributed by atoms with Gasteiger partial charge in [-0.2, -0.15) is 10.5 Å². The van der Waals surface area contributed by atoms with Crippen molar-refractivity contribution >= 4 is 0 Å². The van der Waals surface area contributed by atoms with Gasteiger partial charge >= 0.3 is 0 Å². The zero-order valence-corrected chi connectivity index (χ0v) is 29.8. The highest BCUT2D eigenvalue weighted by molar-refractivity contribution is 5.57. The molecule has 0 aliphatic carbocycles. The van der Waals surface area contributed by atoms with Gasteiger partial charge in [0.15, 0.2) is 0 Å². The summed E-state index contributed by atoms with van der Waals surface area (Å²) in [6.45, 7) is 5.12. The fourth-order valence-electron chi connectivity index (χ4n) is 7.03. The molecule has 0 bridgehead atoms. The van der Waals surface area contributed by atoms with Crippen LogP contribution in [0.5, 0.6) is 23.3 Å². The molecule has 2 aliphatic heterocycles. The average Bonchev–Trinajstić information content (AvgIpc) is 3.71. The largest absolute Gasteiger partial charge is 0.494 e. The van der Waals surface area contributed by atoms with Crippen molar-refractivity contribution in [2.45, 2.75) is 89.9 Å². The molecule has 12 heteroatoms. The predicted molar refractivity (Wildman–Crippen MR) is 195 cm³/mol. The van der Waals surface area contributed by atoms with Crippen molar-refractivity contribution in [1.82, 2.24) is 20.4 Å². The summed E-state index contributed by atoms with van der Waals surface area (Å²) in [6.07, 6.45) is 11.6. The minimum absolute atomic E-state index is 0.0833. The van der Waals surface area contributed by atoms with Gasteiger partial charge in [0.25, 0.3) is 0 Å². The topological polar surface area (TPSA) is 194 Å². The molecule has 0 amide bonds. The number of nitrogens with two attached hydrogens (primary N) is 2. The molecule has 4 heterocycles. The van der Waals surface area contributed by atoms with E-state index in [0.717, 1.165) is 70.8 Å². The van der Waals surface area contributed by atoms with Crippen molar-refractivity contribution in [2.24, 2.45) is 11.5 Å². The molecule has 6 rings (SSSR count). The summed E-state index contributed by atoms with van der Waals surface area (Å²) in [5, 5.41) is 33.9. The summed E-state index contributed by atoms with van der Waals surface area (Å²) in [7, 11) is 0. The van der Waals surface area contributed by atoms with Gasteiger partial charge in [-0.3, -0.25) is 10.2 Å². The number of allylic oxidation sites excluding steroid dienone is 2. The molecular formula is C40H46N8O4. The number of ether oxygens (including phenoxy) is 4. The molecule has 52 heavy (non-hydrogen) atoms. The normalized spacial score (nSPS) is 16.3. The molecule has 270 valence electrons. The summed E-state index contributed by atoms with van der Waals surface area (Å²) in [5.41, 5.74) is 18.0. The summed E-state index contributed by atoms with van der Waals surface area (Å²) in [6, 6.07) is 20.1. The van der Waals surface area contributed by atoms with Crippen LogP contribution in [0.25, 0.3) is 0 Å². The molecule has 0 fully saturated rings. The monoisotopic (exact) mass is 702 g/mol. The lowest BCUT2D eigenvalue weighted by Gasteiger charge is -2.24. The van der Waals surface area contributed by atoms with Crippen molar-refractivity contribution in [3.63, 3.8) is 0 Å². The number of rotatable bonds is 17. The van der Waals surface area contributed by atoms with E-state index in [4.69, 9.17) is 30.4 Å². The van der Waals surface area contributed by atoms with Crippen LogP contribution in [0, 0.1) is 36.5 Å². The second-order valence-corrected chi connectivity index (χ2v) is 13.4. The Morgan fingerprint density at radius 1 is 0.635 bits per heavy atom. The lowest BCUT2D eigenvalue weighted by Crippen LogP contribution is -2.21. The highest BCUT2D eigenvalue weighted by Gasteiger charge is 2.35. The van der Waals surface area contributed by atoms with Gasteiger partial charge in [0.2, 0.25) is 23.5 Å². The van der Waals surface area contributed by atoms with Crippen molar-refractivity contribution in [3.05, 3.63) is 105 Å². The van der Waals surface area contributed by atoms with Gasteiger partial charge in [-0.05, 0) is 62.1 Å². The van der Waals surface area contributed by atoms with E-state index in [2.05, 4.69) is 32.5 Å². The maximum atomic E-state index is 9.82. The number of aryl methyl sites for hydroxylation is 2. The van der Waals surface area contributed by atoms with E-state index >= 15 is 0 Å². The Morgan fingerprint density at radius 2 is 1.02 bits per heavy atom. The summed E-state index contributed by atoms with van der Waals surface area (Å²) in [5.74, 6) is 1.83. The number of hydrogen-bond acceptors (Lipinski definition) is 10. The quantitative estimate of drug-likeness (QED) is 0.0798. The van der Waals surface area contributed by atoms with Crippen molar-refractivity contribution < 1.29 is 18.9 Å². The highest BCUT2D eigenvalue weighted by Crippen LogP contribution is 2.44. The van der Waals surface area contributed by atoms with Gasteiger partial charge in [0, 0.05) is 22.5 Å². The minimum Gasteiger partial charge on any atom is -0.494 e. The fourth-order valence-corrected chi connectivity index (χ4v) is 7.03. The number of nitriles is 2. The number of H-pyrrole nitrogens is 2. The van der Waals surface area contributed by atoms with Crippen LogP contribution in [0.2, 0.25) is 0 Å². The average molecular weight is 703 g/mol. The van der Waals surface area contributed by atoms with Gasteiger partial charge in [0.05, 0.1) is 25.0 Å². The first-order chi connectivity index (χ1) is 25.4. The van der Waals surface area contributed by atoms with E-state index < -0.39 is 0 Å². The first-order valence-corrected chi connectivity index (χ1v) is 18.1. The second kappa shape index (κ2) is 16.9. The van der Waals surface area contributed by atoms with Crippen LogP contribution in [-0.4, -0.2) is 33.6 Å². The lowest BCUT2D eigenvalue weighted by atomic mass is 9.84. The molecule has 12 nitrogen and oxygen atoms in total. The standard InChI is InChI=1S/C40H46N8O4/c1-25-33-35(31(23-41)37(43)51-39(33)47-45-25)27-15-13-17-29(21-27)49-19-11-9-7-5-3-4-6-8-10-12-20-50-30-18-14-16-28(22-30)36-32(24-42)38(44)52-40-34(36)26(2)46-48-40/h13-18,21-22,35-36H,3-12,19-20,43-44H2,1-2H3,(H,45,47)(H,46,48). The molecular weight excluding hydrogens is 656 g/mol. The Hall–Kier alpha value is -5.88. The molecule has 6 N–H and O–H groups in total. The number of benzene rings is 2. The van der Waals surface area contributed by atoms with Crippen LogP contribution < -0.4 is 30.4 Å². The number of aromatic nitrogens is 4. The smallest absolute Gasteiger partial charge is 0.244 e. The summed E-state index contributed by atoms with van der Waals surface area (Å²) in [4.78, 5) is 0. The third kappa shape index (κ3) is 8.02. The molecule has 2 aromatic heterocycles. The number of unbranched alkanes of at least 4 members (excludes halogenated alkanes) is 9. The highest BCUT2D eigenvalue weighted by atomic mass is 16.5. The van der Waals surface area contributed by atoms with Crippen molar-refractivity contribution in [3.8, 4) is 35.4 Å². The summed E-state index contributed by atoms with van der Waals surface area (Å²) >= 11 is 0. The van der Waals surface area contributed by atoms with Gasteiger partial charge in [0.1, 0.15) is 34.8 Å². The van der Waals surface area contributed by atoms with E-state index in [9.17, 15) is 10.5 Å².